The molecule has 0 heterocycles. The van der Waals surface area contributed by atoms with Gasteiger partial charge in [-0.3, -0.25) is 0 Å². The maximum atomic E-state index is 9.38. The predicted molar refractivity (Wildman–Crippen MR) is 19.2 cm³/mol. The SMILES string of the molecule is O=[P](O)(O)[Zn].[NaH]. The third-order valence-electron chi connectivity index (χ3n) is 0. The minimum atomic E-state index is -3.51. The summed E-state index contributed by atoms with van der Waals surface area (Å²) in [4.78, 5) is 15.4. The first-order valence-corrected chi connectivity index (χ1v) is 6.68. The molecule has 3 nitrogen and oxygen atoms in total. The Morgan fingerprint density at radius 1 is 1.50 bits per heavy atom. The second kappa shape index (κ2) is 3.74. The van der Waals surface area contributed by atoms with Crippen LogP contribution < -0.4 is 0 Å². The van der Waals surface area contributed by atoms with E-state index in [1.165, 1.54) is 0 Å². The first-order chi connectivity index (χ1) is 2.00. The molecule has 0 amide bonds. The van der Waals surface area contributed by atoms with Crippen molar-refractivity contribution in [2.75, 3.05) is 0 Å². The van der Waals surface area contributed by atoms with Gasteiger partial charge in [-0.1, -0.05) is 0 Å². The fourth-order valence-electron chi connectivity index (χ4n) is 0. The van der Waals surface area contributed by atoms with Crippen LogP contribution in [0.4, 0.5) is 0 Å². The van der Waals surface area contributed by atoms with E-state index in [9.17, 15) is 4.57 Å². The molecule has 0 aliphatic rings. The van der Waals surface area contributed by atoms with E-state index < -0.39 is 5.93 Å². The van der Waals surface area contributed by atoms with Crippen LogP contribution in [0.3, 0.4) is 0 Å². The van der Waals surface area contributed by atoms with Gasteiger partial charge in [0.25, 0.3) is 0 Å². The number of rotatable bonds is 0. The summed E-state index contributed by atoms with van der Waals surface area (Å²) in [6, 6.07) is 0. The van der Waals surface area contributed by atoms with Crippen molar-refractivity contribution in [3.05, 3.63) is 0 Å². The van der Waals surface area contributed by atoms with Crippen molar-refractivity contribution < 1.29 is 32.2 Å². The van der Waals surface area contributed by atoms with Gasteiger partial charge in [0.15, 0.2) is 0 Å². The van der Waals surface area contributed by atoms with E-state index in [-0.39, 0.29) is 47.4 Å². The van der Waals surface area contributed by atoms with Gasteiger partial charge in [0.05, 0.1) is 0 Å². The summed E-state index contributed by atoms with van der Waals surface area (Å²) in [6.45, 7) is 0. The molecular formula is H3NaO3PZn. The van der Waals surface area contributed by atoms with Crippen LogP contribution in [-0.2, 0) is 22.4 Å². The summed E-state index contributed by atoms with van der Waals surface area (Å²) < 4.78 is 9.38. The fraction of sp³-hybridized carbons (Fsp3) is 0. The molecule has 0 aliphatic carbocycles. The molecule has 0 bridgehead atoms. The molecule has 0 spiro atoms. The van der Waals surface area contributed by atoms with Gasteiger partial charge >= 0.3 is 67.7 Å². The van der Waals surface area contributed by atoms with Gasteiger partial charge in [0.1, 0.15) is 0 Å². The van der Waals surface area contributed by atoms with E-state index in [0.717, 1.165) is 0 Å². The van der Waals surface area contributed by atoms with Crippen LogP contribution >= 0.6 is 5.93 Å². The topological polar surface area (TPSA) is 57.5 Å². The Balaban J connectivity index is 0. The zero-order valence-corrected chi connectivity index (χ0v) is 6.32. The maximum absolute atomic E-state index is 9.38. The molecule has 2 N–H and O–H groups in total. The van der Waals surface area contributed by atoms with Crippen LogP contribution in [0, 0.1) is 0 Å². The van der Waals surface area contributed by atoms with Crippen molar-refractivity contribution in [3.63, 3.8) is 0 Å². The van der Waals surface area contributed by atoms with Crippen molar-refractivity contribution in [2.24, 2.45) is 0 Å². The van der Waals surface area contributed by atoms with Gasteiger partial charge in [-0.15, -0.1) is 0 Å². The molecule has 6 heteroatoms. The zero-order valence-electron chi connectivity index (χ0n) is 2.46. The molecule has 0 atom stereocenters. The summed E-state index contributed by atoms with van der Waals surface area (Å²) in [7, 11) is 0. The second-order valence-corrected chi connectivity index (χ2v) is 7.18. The van der Waals surface area contributed by atoms with Gasteiger partial charge in [0.2, 0.25) is 0 Å². The quantitative estimate of drug-likeness (QED) is 0.361. The normalized spacial score (nSPS) is 10.0. The van der Waals surface area contributed by atoms with Crippen molar-refractivity contribution in [3.8, 4) is 0 Å². The van der Waals surface area contributed by atoms with Crippen LogP contribution in [0.1, 0.15) is 0 Å². The van der Waals surface area contributed by atoms with Gasteiger partial charge in [-0.05, 0) is 0 Å². The van der Waals surface area contributed by atoms with Gasteiger partial charge in [-0.2, -0.15) is 0 Å². The molecule has 6 heavy (non-hydrogen) atoms. The summed E-state index contributed by atoms with van der Waals surface area (Å²) >= 11 is 0.0625. The van der Waals surface area contributed by atoms with Crippen molar-refractivity contribution in [1.82, 2.24) is 0 Å². The van der Waals surface area contributed by atoms with Crippen LogP contribution in [0.15, 0.2) is 0 Å². The molecule has 29 valence electrons. The first kappa shape index (κ1) is 10.7. The molecule has 0 aliphatic heterocycles. The second-order valence-electron chi connectivity index (χ2n) is 0.665. The summed E-state index contributed by atoms with van der Waals surface area (Å²) in [5.74, 6) is -3.51. The van der Waals surface area contributed by atoms with Gasteiger partial charge in [-0.25, -0.2) is 0 Å². The monoisotopic (exact) mass is 169 g/mol. The van der Waals surface area contributed by atoms with Gasteiger partial charge < -0.3 is 0 Å². The predicted octanol–water partition coefficient (Wildman–Crippen LogP) is -1.02. The first-order valence-electron chi connectivity index (χ1n) is 0.899. The van der Waals surface area contributed by atoms with Crippen molar-refractivity contribution in [2.45, 2.75) is 0 Å². The Labute approximate surface area is 67.2 Å². The zero-order chi connectivity index (χ0) is 4.50. The summed E-state index contributed by atoms with van der Waals surface area (Å²) in [5, 5.41) is 0. The van der Waals surface area contributed by atoms with Crippen LogP contribution in [0.2, 0.25) is 0 Å². The molecule has 0 aromatic rings. The van der Waals surface area contributed by atoms with Crippen molar-refractivity contribution >= 4 is 35.5 Å². The Morgan fingerprint density at radius 2 is 1.50 bits per heavy atom. The Morgan fingerprint density at radius 3 is 1.50 bits per heavy atom. The van der Waals surface area contributed by atoms with Crippen LogP contribution in [0.25, 0.3) is 0 Å². The van der Waals surface area contributed by atoms with Gasteiger partial charge in [0, 0.05) is 0 Å². The van der Waals surface area contributed by atoms with E-state index in [0.29, 0.717) is 0 Å². The number of hydrogen-bond donors (Lipinski definition) is 2. The Kier molecular flexibility index (Phi) is 6.66. The van der Waals surface area contributed by atoms with E-state index in [1.54, 1.807) is 0 Å². The van der Waals surface area contributed by atoms with E-state index in [4.69, 9.17) is 9.79 Å². The minimum absolute atomic E-state index is 0. The Hall–Kier alpha value is 1.77. The average Bonchev–Trinajstić information content (AvgIpc) is 0.722. The third kappa shape index (κ3) is 41.8. The van der Waals surface area contributed by atoms with E-state index in [1.807, 2.05) is 0 Å². The molecule has 0 fully saturated rings. The van der Waals surface area contributed by atoms with Crippen LogP contribution in [-0.4, -0.2) is 39.3 Å². The molecular weight excluding hydrogens is 167 g/mol. The number of hydrogen-bond acceptors (Lipinski definition) is 1. The van der Waals surface area contributed by atoms with E-state index >= 15 is 0 Å². The Bertz CT molecular complexity index is 56.9. The summed E-state index contributed by atoms with van der Waals surface area (Å²) in [6.07, 6.45) is 0. The third-order valence-corrected chi connectivity index (χ3v) is 0. The fourth-order valence-corrected chi connectivity index (χ4v) is 0. The van der Waals surface area contributed by atoms with Crippen LogP contribution in [0.5, 0.6) is 0 Å². The molecule has 0 aromatic heterocycles. The molecule has 0 aromatic carbocycles. The molecule has 0 unspecified atom stereocenters. The molecule has 0 radical (unpaired) electrons. The standard InChI is InChI=1S/Na.HO3P.Zn.H/c;1-4(2)3;;/h;(H-,1,2,3);;/q;;-1;/p+1. The average molecular weight is 170 g/mol. The molecule has 0 saturated heterocycles. The summed E-state index contributed by atoms with van der Waals surface area (Å²) in [5.41, 5.74) is 0. The molecule has 0 saturated carbocycles. The van der Waals surface area contributed by atoms with E-state index in [2.05, 4.69) is 0 Å². The van der Waals surface area contributed by atoms with Crippen molar-refractivity contribution in [1.29, 1.82) is 0 Å². The molecule has 0 rings (SSSR count).